The summed E-state index contributed by atoms with van der Waals surface area (Å²) < 4.78 is 0. The fourth-order valence-electron chi connectivity index (χ4n) is 6.30. The molecule has 0 aromatic heterocycles. The van der Waals surface area contributed by atoms with Gasteiger partial charge in [-0.15, -0.1) is 0 Å². The van der Waals surface area contributed by atoms with Crippen molar-refractivity contribution in [3.63, 3.8) is 0 Å². The number of phenolic OH excluding ortho intramolecular Hbond substituents is 1. The van der Waals surface area contributed by atoms with Crippen LogP contribution in [0.3, 0.4) is 0 Å². The van der Waals surface area contributed by atoms with Crippen molar-refractivity contribution in [2.45, 2.75) is 83.8 Å². The number of aromatic hydroxyl groups is 1. The van der Waals surface area contributed by atoms with E-state index in [1.807, 2.05) is 13.8 Å². The first-order chi connectivity index (χ1) is 15.1. The first-order valence-corrected chi connectivity index (χ1v) is 11.8. The van der Waals surface area contributed by atoms with Crippen molar-refractivity contribution in [3.8, 4) is 5.75 Å². The van der Waals surface area contributed by atoms with Gasteiger partial charge in [-0.2, -0.15) is 0 Å². The van der Waals surface area contributed by atoms with Gasteiger partial charge in [0, 0.05) is 12.1 Å². The molecule has 0 radical (unpaired) electrons. The normalized spacial score (nSPS) is 31.8. The quantitative estimate of drug-likeness (QED) is 0.603. The topological polar surface area (TPSA) is 107 Å². The van der Waals surface area contributed by atoms with Crippen LogP contribution in [0.2, 0.25) is 0 Å². The molecule has 5 unspecified atom stereocenters. The smallest absolute Gasteiger partial charge is 0.325 e. The van der Waals surface area contributed by atoms with Gasteiger partial charge in [0.2, 0.25) is 11.8 Å². The lowest BCUT2D eigenvalue weighted by Gasteiger charge is -2.37. The summed E-state index contributed by atoms with van der Waals surface area (Å²) in [6.45, 7) is 7.32. The van der Waals surface area contributed by atoms with Crippen LogP contribution in [-0.2, 0) is 14.4 Å². The van der Waals surface area contributed by atoms with Gasteiger partial charge in [-0.1, -0.05) is 51.7 Å². The van der Waals surface area contributed by atoms with Crippen LogP contribution in [-0.4, -0.2) is 44.5 Å². The van der Waals surface area contributed by atoms with Crippen LogP contribution in [0.15, 0.2) is 12.1 Å². The highest BCUT2D eigenvalue weighted by Gasteiger charge is 2.70. The molecule has 32 heavy (non-hydrogen) atoms. The summed E-state index contributed by atoms with van der Waals surface area (Å²) in [5.41, 5.74) is 0.553. The van der Waals surface area contributed by atoms with Gasteiger partial charge in [0.1, 0.15) is 11.3 Å². The fourth-order valence-corrected chi connectivity index (χ4v) is 6.30. The van der Waals surface area contributed by atoms with Crippen LogP contribution < -0.4 is 5.32 Å². The van der Waals surface area contributed by atoms with Gasteiger partial charge in [0.05, 0.1) is 11.8 Å². The number of nitrogens with one attached hydrogen (secondary N) is 1. The molecule has 3 aliphatic rings. The number of likely N-dealkylation sites (tertiary alicyclic amines) is 1. The number of imide groups is 1. The van der Waals surface area contributed by atoms with Crippen molar-refractivity contribution in [2.24, 2.45) is 17.8 Å². The molecule has 1 aromatic rings. The minimum absolute atomic E-state index is 0.137. The Bertz CT molecular complexity index is 931. The SMILES string of the molecule is CCC(C)C1(C(=O)O)NC(c2cc(C)c(O)c(C)c2)C2C(=O)N(C3CCCCC3)C(=O)C21. The molecule has 0 spiro atoms. The summed E-state index contributed by atoms with van der Waals surface area (Å²) in [7, 11) is 0. The number of carbonyl (C=O) groups is 3. The first-order valence-electron chi connectivity index (χ1n) is 11.8. The Morgan fingerprint density at radius 1 is 1.16 bits per heavy atom. The van der Waals surface area contributed by atoms with Gasteiger partial charge < -0.3 is 10.2 Å². The number of amides is 2. The number of aryl methyl sites for hydroxylation is 2. The third-order valence-electron chi connectivity index (χ3n) is 8.19. The number of carbonyl (C=O) groups excluding carboxylic acids is 2. The molecule has 4 rings (SSSR count). The zero-order valence-corrected chi connectivity index (χ0v) is 19.4. The maximum absolute atomic E-state index is 13.8. The number of hydrogen-bond donors (Lipinski definition) is 3. The minimum atomic E-state index is -1.51. The van der Waals surface area contributed by atoms with E-state index in [1.54, 1.807) is 26.0 Å². The van der Waals surface area contributed by atoms with E-state index in [-0.39, 0.29) is 29.5 Å². The highest BCUT2D eigenvalue weighted by atomic mass is 16.4. The van der Waals surface area contributed by atoms with Crippen molar-refractivity contribution in [1.82, 2.24) is 10.2 Å². The standard InChI is InChI=1S/C25H34N2O5/c1-5-15(4)25(24(31)32)19-18(20(26-25)16-11-13(2)21(28)14(3)12-16)22(29)27(23(19)30)17-9-7-6-8-10-17/h11-12,15,17-20,26,28H,5-10H2,1-4H3,(H,31,32). The number of carboxylic acids is 1. The molecule has 1 saturated carbocycles. The van der Waals surface area contributed by atoms with Crippen molar-refractivity contribution in [1.29, 1.82) is 0 Å². The molecule has 7 heteroatoms. The second kappa shape index (κ2) is 8.18. The summed E-state index contributed by atoms with van der Waals surface area (Å²) in [6.07, 6.45) is 5.19. The van der Waals surface area contributed by atoms with Gasteiger partial charge in [-0.05, 0) is 49.3 Å². The van der Waals surface area contributed by atoms with E-state index in [0.717, 1.165) is 37.7 Å². The average molecular weight is 443 g/mol. The van der Waals surface area contributed by atoms with Crippen LogP contribution in [0.1, 0.15) is 75.1 Å². The summed E-state index contributed by atoms with van der Waals surface area (Å²) in [5.74, 6) is -3.53. The maximum Gasteiger partial charge on any atom is 0.325 e. The van der Waals surface area contributed by atoms with E-state index in [1.165, 1.54) is 4.90 Å². The number of rotatable bonds is 5. The van der Waals surface area contributed by atoms with Crippen LogP contribution in [0, 0.1) is 31.6 Å². The number of benzene rings is 1. The van der Waals surface area contributed by atoms with Crippen molar-refractivity contribution in [3.05, 3.63) is 28.8 Å². The van der Waals surface area contributed by atoms with Crippen molar-refractivity contribution < 1.29 is 24.6 Å². The molecular formula is C25H34N2O5. The Morgan fingerprint density at radius 2 is 1.75 bits per heavy atom. The molecule has 2 saturated heterocycles. The third kappa shape index (κ3) is 3.16. The third-order valence-corrected chi connectivity index (χ3v) is 8.19. The molecule has 2 amide bonds. The van der Waals surface area contributed by atoms with E-state index in [4.69, 9.17) is 0 Å². The fraction of sp³-hybridized carbons (Fsp3) is 0.640. The second-order valence-electron chi connectivity index (χ2n) is 9.95. The van der Waals surface area contributed by atoms with E-state index in [0.29, 0.717) is 17.5 Å². The highest BCUT2D eigenvalue weighted by Crippen LogP contribution is 2.53. The average Bonchev–Trinajstić information content (AvgIpc) is 3.26. The van der Waals surface area contributed by atoms with Crippen LogP contribution in [0.25, 0.3) is 0 Å². The molecule has 2 heterocycles. The Balaban J connectivity index is 1.86. The Kier molecular flexibility index (Phi) is 5.82. The van der Waals surface area contributed by atoms with Gasteiger partial charge in [0.15, 0.2) is 0 Å². The van der Waals surface area contributed by atoms with Gasteiger partial charge >= 0.3 is 5.97 Å². The van der Waals surface area contributed by atoms with E-state index in [2.05, 4.69) is 5.32 Å². The number of aliphatic carboxylic acids is 1. The molecular weight excluding hydrogens is 408 g/mol. The van der Waals surface area contributed by atoms with Gasteiger partial charge in [-0.25, -0.2) is 0 Å². The first kappa shape index (κ1) is 22.8. The predicted octanol–water partition coefficient (Wildman–Crippen LogP) is 3.46. The van der Waals surface area contributed by atoms with Gasteiger partial charge in [-0.3, -0.25) is 24.6 Å². The van der Waals surface area contributed by atoms with Gasteiger partial charge in [0.25, 0.3) is 0 Å². The molecule has 1 aliphatic carbocycles. The largest absolute Gasteiger partial charge is 0.507 e. The zero-order valence-electron chi connectivity index (χ0n) is 19.4. The van der Waals surface area contributed by atoms with Crippen molar-refractivity contribution >= 4 is 17.8 Å². The Hall–Kier alpha value is -2.41. The molecule has 2 aliphatic heterocycles. The number of nitrogens with zero attached hydrogens (tertiary/aromatic N) is 1. The summed E-state index contributed by atoms with van der Waals surface area (Å²) in [6, 6.07) is 2.86. The molecule has 0 bridgehead atoms. The summed E-state index contributed by atoms with van der Waals surface area (Å²) in [4.78, 5) is 41.7. The van der Waals surface area contributed by atoms with Crippen LogP contribution in [0.5, 0.6) is 5.75 Å². The zero-order chi connectivity index (χ0) is 23.4. The lowest BCUT2D eigenvalue weighted by molar-refractivity contribution is -0.155. The Labute approximate surface area is 189 Å². The highest BCUT2D eigenvalue weighted by molar-refractivity contribution is 6.09. The van der Waals surface area contributed by atoms with E-state index >= 15 is 0 Å². The number of fused-ring (bicyclic) bond motifs is 1. The lowest BCUT2D eigenvalue weighted by Crippen LogP contribution is -2.60. The second-order valence-corrected chi connectivity index (χ2v) is 9.95. The lowest BCUT2D eigenvalue weighted by atomic mass is 9.72. The Morgan fingerprint density at radius 3 is 2.28 bits per heavy atom. The van der Waals surface area contributed by atoms with E-state index in [9.17, 15) is 24.6 Å². The molecule has 7 nitrogen and oxygen atoms in total. The summed E-state index contributed by atoms with van der Waals surface area (Å²) >= 11 is 0. The number of phenols is 1. The molecule has 5 atom stereocenters. The van der Waals surface area contributed by atoms with Crippen molar-refractivity contribution in [2.75, 3.05) is 0 Å². The molecule has 174 valence electrons. The van der Waals surface area contributed by atoms with Crippen LogP contribution in [0.4, 0.5) is 0 Å². The molecule has 3 N–H and O–H groups in total. The minimum Gasteiger partial charge on any atom is -0.507 e. The van der Waals surface area contributed by atoms with E-state index < -0.39 is 29.4 Å². The number of hydrogen-bond acceptors (Lipinski definition) is 5. The monoisotopic (exact) mass is 442 g/mol. The molecule has 3 fully saturated rings. The van der Waals surface area contributed by atoms with Crippen LogP contribution >= 0.6 is 0 Å². The maximum atomic E-state index is 13.8. The molecule has 1 aromatic carbocycles. The summed E-state index contributed by atoms with van der Waals surface area (Å²) in [5, 5.41) is 24.0. The predicted molar refractivity (Wildman–Crippen MR) is 119 cm³/mol. The number of carboxylic acid groups (broad SMARTS) is 1.